The van der Waals surface area contributed by atoms with Gasteiger partial charge in [-0.25, -0.2) is 9.97 Å². The second-order valence-electron chi connectivity index (χ2n) is 2.63. The van der Waals surface area contributed by atoms with Gasteiger partial charge in [0.05, 0.1) is 0 Å². The van der Waals surface area contributed by atoms with Crippen LogP contribution in [0.25, 0.3) is 0 Å². The van der Waals surface area contributed by atoms with E-state index in [0.29, 0.717) is 24.5 Å². The summed E-state index contributed by atoms with van der Waals surface area (Å²) in [4.78, 5) is 18.7. The van der Waals surface area contributed by atoms with Crippen molar-refractivity contribution in [1.82, 2.24) is 9.97 Å². The van der Waals surface area contributed by atoms with Gasteiger partial charge in [-0.05, 0) is 6.42 Å². The van der Waals surface area contributed by atoms with Gasteiger partial charge in [0.1, 0.15) is 18.0 Å². The predicted octanol–water partition coefficient (Wildman–Crippen LogP) is -0.0565. The minimum absolute atomic E-state index is 0.0133. The van der Waals surface area contributed by atoms with Crippen LogP contribution in [0.3, 0.4) is 0 Å². The second-order valence-corrected chi connectivity index (χ2v) is 2.63. The molecule has 0 bridgehead atoms. The van der Waals surface area contributed by atoms with Crippen LogP contribution in [0.5, 0.6) is 0 Å². The Bertz CT molecular complexity index is 336. The molecule has 2 heterocycles. The van der Waals surface area contributed by atoms with Crippen molar-refractivity contribution in [2.24, 2.45) is 0 Å². The fourth-order valence-corrected chi connectivity index (χ4v) is 1.21. The molecule has 62 valence electrons. The normalized spacial score (nSPS) is 15.2. The number of nitrogens with two attached hydrogens (primary N) is 1. The van der Waals surface area contributed by atoms with Crippen molar-refractivity contribution in [2.75, 3.05) is 11.1 Å². The van der Waals surface area contributed by atoms with Crippen LogP contribution >= 0.6 is 0 Å². The third-order valence-electron chi connectivity index (χ3n) is 1.84. The van der Waals surface area contributed by atoms with Crippen molar-refractivity contribution in [3.05, 3.63) is 11.9 Å². The number of amides is 1. The Balaban J connectivity index is 2.48. The first-order valence-electron chi connectivity index (χ1n) is 3.66. The lowest BCUT2D eigenvalue weighted by atomic mass is 10.1. The van der Waals surface area contributed by atoms with Gasteiger partial charge in [-0.15, -0.1) is 0 Å². The van der Waals surface area contributed by atoms with E-state index in [-0.39, 0.29) is 5.91 Å². The molecule has 5 nitrogen and oxygen atoms in total. The van der Waals surface area contributed by atoms with Crippen molar-refractivity contribution in [2.45, 2.75) is 12.8 Å². The molecule has 5 heteroatoms. The Labute approximate surface area is 69.0 Å². The first kappa shape index (κ1) is 7.02. The Morgan fingerprint density at radius 2 is 2.25 bits per heavy atom. The number of anilines is 2. The highest BCUT2D eigenvalue weighted by Gasteiger charge is 2.17. The summed E-state index contributed by atoms with van der Waals surface area (Å²) in [5, 5.41) is 2.63. The number of carbonyl (C=O) groups excluding carboxylic acids is 1. The first-order valence-corrected chi connectivity index (χ1v) is 3.66. The maximum atomic E-state index is 10.9. The molecule has 0 saturated heterocycles. The second kappa shape index (κ2) is 2.44. The lowest BCUT2D eigenvalue weighted by Gasteiger charge is -2.15. The number of fused-ring (bicyclic) bond motifs is 1. The summed E-state index contributed by atoms with van der Waals surface area (Å²) in [5.74, 6) is 0.999. The number of nitrogens with zero attached hydrogens (tertiary/aromatic N) is 2. The Morgan fingerprint density at radius 1 is 1.42 bits per heavy atom. The zero-order valence-corrected chi connectivity index (χ0v) is 6.37. The van der Waals surface area contributed by atoms with E-state index in [4.69, 9.17) is 5.73 Å². The molecule has 0 radical (unpaired) electrons. The van der Waals surface area contributed by atoms with Crippen LogP contribution in [0, 0.1) is 0 Å². The molecule has 1 aliphatic rings. The van der Waals surface area contributed by atoms with Crippen LogP contribution in [0.15, 0.2) is 6.33 Å². The Kier molecular flexibility index (Phi) is 1.43. The number of hydrogen-bond donors (Lipinski definition) is 2. The topological polar surface area (TPSA) is 80.9 Å². The summed E-state index contributed by atoms with van der Waals surface area (Å²) < 4.78 is 0. The third-order valence-corrected chi connectivity index (χ3v) is 1.84. The monoisotopic (exact) mass is 164 g/mol. The van der Waals surface area contributed by atoms with E-state index in [0.717, 1.165) is 5.56 Å². The fraction of sp³-hybridized carbons (Fsp3) is 0.286. The molecule has 0 aromatic carbocycles. The van der Waals surface area contributed by atoms with Crippen molar-refractivity contribution < 1.29 is 4.79 Å². The van der Waals surface area contributed by atoms with Gasteiger partial charge in [0.15, 0.2) is 0 Å². The van der Waals surface area contributed by atoms with Crippen molar-refractivity contribution in [3.63, 3.8) is 0 Å². The lowest BCUT2D eigenvalue weighted by Crippen LogP contribution is -2.21. The summed E-state index contributed by atoms with van der Waals surface area (Å²) in [6.45, 7) is 0. The molecule has 0 atom stereocenters. The van der Waals surface area contributed by atoms with E-state index in [1.165, 1.54) is 6.33 Å². The molecule has 1 aromatic rings. The number of nitrogen functional groups attached to an aromatic ring is 1. The molecular weight excluding hydrogens is 156 g/mol. The average Bonchev–Trinajstić information content (AvgIpc) is 2.04. The van der Waals surface area contributed by atoms with Crippen molar-refractivity contribution >= 4 is 17.5 Å². The maximum Gasteiger partial charge on any atom is 0.225 e. The molecule has 2 rings (SSSR count). The summed E-state index contributed by atoms with van der Waals surface area (Å²) >= 11 is 0. The number of aromatic nitrogens is 2. The summed E-state index contributed by atoms with van der Waals surface area (Å²) in [6, 6.07) is 0. The van der Waals surface area contributed by atoms with Gasteiger partial charge in [-0.1, -0.05) is 0 Å². The van der Waals surface area contributed by atoms with E-state index in [2.05, 4.69) is 15.3 Å². The summed E-state index contributed by atoms with van der Waals surface area (Å²) in [5.41, 5.74) is 6.43. The van der Waals surface area contributed by atoms with Crippen LogP contribution in [0.2, 0.25) is 0 Å². The molecule has 12 heavy (non-hydrogen) atoms. The molecule has 0 unspecified atom stereocenters. The number of rotatable bonds is 0. The quantitative estimate of drug-likeness (QED) is 0.563. The standard InChI is InChI=1S/C7H8N4O/c8-6-4-1-2-5(12)11-7(4)10-3-9-6/h3H,1-2H2,(H3,8,9,10,11,12). The van der Waals surface area contributed by atoms with E-state index >= 15 is 0 Å². The number of carbonyl (C=O) groups is 1. The molecule has 0 aliphatic carbocycles. The van der Waals surface area contributed by atoms with Crippen molar-refractivity contribution in [1.29, 1.82) is 0 Å². The van der Waals surface area contributed by atoms with E-state index in [1.54, 1.807) is 0 Å². The SMILES string of the molecule is Nc1ncnc2c1CCC(=O)N2. The minimum Gasteiger partial charge on any atom is -0.383 e. The molecular formula is C7H8N4O. The van der Waals surface area contributed by atoms with Gasteiger partial charge in [-0.3, -0.25) is 4.79 Å². The molecule has 0 spiro atoms. The smallest absolute Gasteiger partial charge is 0.225 e. The van der Waals surface area contributed by atoms with Crippen LogP contribution in [-0.4, -0.2) is 15.9 Å². The maximum absolute atomic E-state index is 10.9. The highest BCUT2D eigenvalue weighted by atomic mass is 16.1. The van der Waals surface area contributed by atoms with Crippen LogP contribution in [-0.2, 0) is 11.2 Å². The van der Waals surface area contributed by atoms with Crippen LogP contribution < -0.4 is 11.1 Å². The van der Waals surface area contributed by atoms with Gasteiger partial charge in [-0.2, -0.15) is 0 Å². The van der Waals surface area contributed by atoms with Gasteiger partial charge < -0.3 is 11.1 Å². The highest BCUT2D eigenvalue weighted by Crippen LogP contribution is 2.22. The van der Waals surface area contributed by atoms with Crippen LogP contribution in [0.4, 0.5) is 11.6 Å². The molecule has 1 aliphatic heterocycles. The van der Waals surface area contributed by atoms with Crippen molar-refractivity contribution in [3.8, 4) is 0 Å². The zero-order valence-electron chi connectivity index (χ0n) is 6.37. The number of hydrogen-bond acceptors (Lipinski definition) is 4. The Morgan fingerprint density at radius 3 is 3.08 bits per heavy atom. The molecule has 1 amide bonds. The zero-order chi connectivity index (χ0) is 8.55. The summed E-state index contributed by atoms with van der Waals surface area (Å²) in [6.07, 6.45) is 2.44. The van der Waals surface area contributed by atoms with Gasteiger partial charge >= 0.3 is 0 Å². The molecule has 3 N–H and O–H groups in total. The predicted molar refractivity (Wildman–Crippen MR) is 43.4 cm³/mol. The number of nitrogens with one attached hydrogen (secondary N) is 1. The average molecular weight is 164 g/mol. The van der Waals surface area contributed by atoms with Gasteiger partial charge in [0.25, 0.3) is 0 Å². The lowest BCUT2D eigenvalue weighted by molar-refractivity contribution is -0.116. The molecule has 0 fully saturated rings. The van der Waals surface area contributed by atoms with E-state index in [1.807, 2.05) is 0 Å². The molecule has 1 aromatic heterocycles. The first-order chi connectivity index (χ1) is 5.77. The Hall–Kier alpha value is -1.65. The van der Waals surface area contributed by atoms with Gasteiger partial charge in [0.2, 0.25) is 5.91 Å². The largest absolute Gasteiger partial charge is 0.383 e. The minimum atomic E-state index is -0.0133. The fourth-order valence-electron chi connectivity index (χ4n) is 1.21. The highest BCUT2D eigenvalue weighted by molar-refractivity contribution is 5.93. The third kappa shape index (κ3) is 0.990. The summed E-state index contributed by atoms with van der Waals surface area (Å²) in [7, 11) is 0. The van der Waals surface area contributed by atoms with E-state index in [9.17, 15) is 4.79 Å². The van der Waals surface area contributed by atoms with E-state index < -0.39 is 0 Å². The van der Waals surface area contributed by atoms with Crippen LogP contribution in [0.1, 0.15) is 12.0 Å². The molecule has 0 saturated carbocycles. The van der Waals surface area contributed by atoms with Gasteiger partial charge in [0, 0.05) is 12.0 Å².